The first kappa shape index (κ1) is 13.5. The van der Waals surface area contributed by atoms with Crippen molar-refractivity contribution in [1.82, 2.24) is 0 Å². The molecule has 0 fully saturated rings. The Morgan fingerprint density at radius 2 is 1.58 bits per heavy atom. The summed E-state index contributed by atoms with van der Waals surface area (Å²) in [6.07, 6.45) is 0. The van der Waals surface area contributed by atoms with Gasteiger partial charge in [-0.05, 0) is 43.2 Å². The Labute approximate surface area is 116 Å². The predicted molar refractivity (Wildman–Crippen MR) is 84.0 cm³/mol. The van der Waals surface area contributed by atoms with E-state index in [2.05, 4.69) is 86.7 Å². The van der Waals surface area contributed by atoms with Crippen molar-refractivity contribution in [1.29, 1.82) is 0 Å². The molecule has 0 amide bonds. The number of para-hydroxylation sites is 1. The van der Waals surface area contributed by atoms with E-state index in [0.717, 1.165) is 0 Å². The lowest BCUT2D eigenvalue weighted by atomic mass is 10.1. The molecule has 100 valence electrons. The quantitative estimate of drug-likeness (QED) is 0.878. The minimum Gasteiger partial charge on any atom is -0.378 e. The first-order valence-electron chi connectivity index (χ1n) is 6.67. The van der Waals surface area contributed by atoms with Gasteiger partial charge in [0.05, 0.1) is 0 Å². The molecule has 1 unspecified atom stereocenters. The van der Waals surface area contributed by atoms with Crippen molar-refractivity contribution in [2.24, 2.45) is 0 Å². The van der Waals surface area contributed by atoms with Crippen molar-refractivity contribution < 1.29 is 0 Å². The highest BCUT2D eigenvalue weighted by Gasteiger charge is 2.06. The molecule has 1 atom stereocenters. The van der Waals surface area contributed by atoms with Gasteiger partial charge in [0.25, 0.3) is 0 Å². The molecule has 0 spiro atoms. The molecule has 2 nitrogen and oxygen atoms in total. The molecule has 0 aromatic heterocycles. The van der Waals surface area contributed by atoms with Gasteiger partial charge in [0.1, 0.15) is 0 Å². The van der Waals surface area contributed by atoms with Crippen molar-refractivity contribution in [3.8, 4) is 0 Å². The minimum atomic E-state index is 0.303. The highest BCUT2D eigenvalue weighted by Crippen LogP contribution is 2.23. The summed E-state index contributed by atoms with van der Waals surface area (Å²) in [4.78, 5) is 2.11. The number of hydrogen-bond donors (Lipinski definition) is 1. The Balaban J connectivity index is 2.12. The maximum atomic E-state index is 3.56. The van der Waals surface area contributed by atoms with Crippen molar-refractivity contribution >= 4 is 11.4 Å². The van der Waals surface area contributed by atoms with Gasteiger partial charge >= 0.3 is 0 Å². The number of hydrogen-bond acceptors (Lipinski definition) is 2. The summed E-state index contributed by atoms with van der Waals surface area (Å²) in [5.41, 5.74) is 5.01. The van der Waals surface area contributed by atoms with Gasteiger partial charge in [-0.2, -0.15) is 0 Å². The average Bonchev–Trinajstić information content (AvgIpc) is 2.41. The van der Waals surface area contributed by atoms with E-state index in [1.807, 2.05) is 0 Å². The Bertz CT molecular complexity index is 529. The van der Waals surface area contributed by atoms with E-state index in [0.29, 0.717) is 6.04 Å². The van der Waals surface area contributed by atoms with Gasteiger partial charge in [-0.1, -0.05) is 30.3 Å². The number of nitrogens with one attached hydrogen (secondary N) is 1. The predicted octanol–water partition coefficient (Wildman–Crippen LogP) is 4.23. The highest BCUT2D eigenvalue weighted by molar-refractivity contribution is 5.53. The first-order chi connectivity index (χ1) is 9.08. The molecule has 2 rings (SSSR count). The molecule has 0 aliphatic heterocycles. The third kappa shape index (κ3) is 3.28. The summed E-state index contributed by atoms with van der Waals surface area (Å²) in [6, 6.07) is 17.4. The lowest BCUT2D eigenvalue weighted by Gasteiger charge is -2.19. The van der Waals surface area contributed by atoms with Crippen LogP contribution in [0.5, 0.6) is 0 Å². The third-order valence-corrected chi connectivity index (χ3v) is 3.43. The Morgan fingerprint density at radius 3 is 2.16 bits per heavy atom. The van der Waals surface area contributed by atoms with E-state index in [1.165, 1.54) is 22.5 Å². The van der Waals surface area contributed by atoms with Crippen LogP contribution in [-0.2, 0) is 0 Å². The zero-order valence-corrected chi connectivity index (χ0v) is 12.1. The molecule has 0 heterocycles. The average molecular weight is 254 g/mol. The molecule has 2 heteroatoms. The van der Waals surface area contributed by atoms with Crippen molar-refractivity contribution in [3.63, 3.8) is 0 Å². The molecular formula is C17H22N2. The maximum absolute atomic E-state index is 3.56. The van der Waals surface area contributed by atoms with Gasteiger partial charge in [-0.15, -0.1) is 0 Å². The number of aryl methyl sites for hydroxylation is 1. The fourth-order valence-corrected chi connectivity index (χ4v) is 2.11. The molecule has 0 aliphatic rings. The van der Waals surface area contributed by atoms with Crippen LogP contribution < -0.4 is 10.2 Å². The van der Waals surface area contributed by atoms with Gasteiger partial charge in [0.2, 0.25) is 0 Å². The molecular weight excluding hydrogens is 232 g/mol. The second kappa shape index (κ2) is 5.79. The summed E-state index contributed by atoms with van der Waals surface area (Å²) in [7, 11) is 4.12. The Hall–Kier alpha value is -1.96. The van der Waals surface area contributed by atoms with E-state index in [1.54, 1.807) is 0 Å². The molecule has 0 radical (unpaired) electrons. The molecule has 0 aliphatic carbocycles. The molecule has 1 N–H and O–H groups in total. The van der Waals surface area contributed by atoms with Gasteiger partial charge in [-0.3, -0.25) is 0 Å². The molecule has 0 saturated heterocycles. The minimum absolute atomic E-state index is 0.303. The monoisotopic (exact) mass is 254 g/mol. The standard InChI is InChI=1S/C17H22N2/c1-13-7-5-6-8-17(13)18-14(2)15-9-11-16(12-10-15)19(3)4/h5-12,14,18H,1-4H3. The summed E-state index contributed by atoms with van der Waals surface area (Å²) in [5.74, 6) is 0. The smallest absolute Gasteiger partial charge is 0.0485 e. The lowest BCUT2D eigenvalue weighted by Crippen LogP contribution is -2.10. The zero-order chi connectivity index (χ0) is 13.8. The van der Waals surface area contributed by atoms with Crippen molar-refractivity contribution in [2.75, 3.05) is 24.3 Å². The van der Waals surface area contributed by atoms with Gasteiger partial charge < -0.3 is 10.2 Å². The van der Waals surface area contributed by atoms with Crippen LogP contribution in [0.15, 0.2) is 48.5 Å². The van der Waals surface area contributed by atoms with Crippen LogP contribution in [-0.4, -0.2) is 14.1 Å². The summed E-state index contributed by atoms with van der Waals surface area (Å²) >= 11 is 0. The topological polar surface area (TPSA) is 15.3 Å². The van der Waals surface area contributed by atoms with Crippen molar-refractivity contribution in [2.45, 2.75) is 19.9 Å². The highest BCUT2D eigenvalue weighted by atomic mass is 15.1. The molecule has 0 bridgehead atoms. The first-order valence-corrected chi connectivity index (χ1v) is 6.67. The molecule has 2 aromatic carbocycles. The third-order valence-electron chi connectivity index (χ3n) is 3.43. The SMILES string of the molecule is Cc1ccccc1NC(C)c1ccc(N(C)C)cc1. The molecule has 0 saturated carbocycles. The van der Waals surface area contributed by atoms with E-state index >= 15 is 0 Å². The number of nitrogens with zero attached hydrogens (tertiary/aromatic N) is 1. The fraction of sp³-hybridized carbons (Fsp3) is 0.294. The number of benzene rings is 2. The van der Waals surface area contributed by atoms with E-state index in [-0.39, 0.29) is 0 Å². The Kier molecular flexibility index (Phi) is 4.10. The van der Waals surface area contributed by atoms with Crippen LogP contribution in [0.2, 0.25) is 0 Å². The van der Waals surface area contributed by atoms with E-state index in [9.17, 15) is 0 Å². The summed E-state index contributed by atoms with van der Waals surface area (Å²) in [5, 5.41) is 3.56. The largest absolute Gasteiger partial charge is 0.378 e. The Morgan fingerprint density at radius 1 is 0.947 bits per heavy atom. The van der Waals surface area contributed by atoms with Crippen LogP contribution in [0.25, 0.3) is 0 Å². The second-order valence-corrected chi connectivity index (χ2v) is 5.17. The summed E-state index contributed by atoms with van der Waals surface area (Å²) in [6.45, 7) is 4.32. The van der Waals surface area contributed by atoms with Gasteiger partial charge in [0, 0.05) is 31.5 Å². The zero-order valence-electron chi connectivity index (χ0n) is 12.1. The number of anilines is 2. The van der Waals surface area contributed by atoms with E-state index in [4.69, 9.17) is 0 Å². The van der Waals surface area contributed by atoms with E-state index < -0.39 is 0 Å². The number of rotatable bonds is 4. The molecule has 19 heavy (non-hydrogen) atoms. The van der Waals surface area contributed by atoms with Crippen LogP contribution in [0.1, 0.15) is 24.1 Å². The van der Waals surface area contributed by atoms with Gasteiger partial charge in [0.15, 0.2) is 0 Å². The van der Waals surface area contributed by atoms with Crippen molar-refractivity contribution in [3.05, 3.63) is 59.7 Å². The molecule has 2 aromatic rings. The normalized spacial score (nSPS) is 12.0. The lowest BCUT2D eigenvalue weighted by molar-refractivity contribution is 0.882. The summed E-state index contributed by atoms with van der Waals surface area (Å²) < 4.78 is 0. The van der Waals surface area contributed by atoms with Crippen LogP contribution in [0.3, 0.4) is 0 Å². The van der Waals surface area contributed by atoms with Crippen LogP contribution in [0, 0.1) is 6.92 Å². The maximum Gasteiger partial charge on any atom is 0.0485 e. The van der Waals surface area contributed by atoms with Crippen LogP contribution in [0.4, 0.5) is 11.4 Å². The second-order valence-electron chi connectivity index (χ2n) is 5.17. The van der Waals surface area contributed by atoms with Crippen LogP contribution >= 0.6 is 0 Å². The fourth-order valence-electron chi connectivity index (χ4n) is 2.11. The van der Waals surface area contributed by atoms with Gasteiger partial charge in [-0.25, -0.2) is 0 Å².